The maximum absolute atomic E-state index is 13.1. The van der Waals surface area contributed by atoms with Crippen molar-refractivity contribution in [3.63, 3.8) is 0 Å². The first kappa shape index (κ1) is 20.1. The Hall–Kier alpha value is -2.61. The number of nitrogens with one attached hydrogen (secondary N) is 2. The number of ether oxygens (including phenoxy) is 2. The van der Waals surface area contributed by atoms with Crippen molar-refractivity contribution in [2.24, 2.45) is 0 Å². The van der Waals surface area contributed by atoms with Gasteiger partial charge in [0.05, 0.1) is 17.1 Å². The van der Waals surface area contributed by atoms with E-state index in [1.165, 1.54) is 29.7 Å². The molecule has 0 spiro atoms. The van der Waals surface area contributed by atoms with Gasteiger partial charge in [0.25, 0.3) is 5.91 Å². The molecule has 1 fully saturated rings. The summed E-state index contributed by atoms with van der Waals surface area (Å²) in [5, 5.41) is 22.2. The minimum atomic E-state index is -4.03. The molecule has 2 aromatic rings. The second-order valence-electron chi connectivity index (χ2n) is 6.53. The Kier molecular flexibility index (Phi) is 5.60. The molecule has 1 aliphatic heterocycles. The Morgan fingerprint density at radius 2 is 2.14 bits per heavy atom. The minimum absolute atomic E-state index is 0.0205. The SMILES string of the molecule is CC1(C)OCCN(S(=O)(=O)c2ccc(OCc3nn[nH]n3)cc2)[C@H]1C(=O)NO. The van der Waals surface area contributed by atoms with Crippen LogP contribution in [0.5, 0.6) is 5.75 Å². The quantitative estimate of drug-likeness (QED) is 0.418. The Morgan fingerprint density at radius 1 is 1.43 bits per heavy atom. The number of tetrazole rings is 1. The summed E-state index contributed by atoms with van der Waals surface area (Å²) < 4.78 is 38.2. The number of carbonyl (C=O) groups is 1. The van der Waals surface area contributed by atoms with E-state index in [1.807, 2.05) is 0 Å². The van der Waals surface area contributed by atoms with Crippen LogP contribution in [0.1, 0.15) is 19.7 Å². The van der Waals surface area contributed by atoms with Gasteiger partial charge in [0.15, 0.2) is 6.61 Å². The largest absolute Gasteiger partial charge is 0.485 e. The zero-order valence-corrected chi connectivity index (χ0v) is 16.0. The third kappa shape index (κ3) is 3.96. The highest BCUT2D eigenvalue weighted by atomic mass is 32.2. The third-order valence-corrected chi connectivity index (χ3v) is 6.16. The van der Waals surface area contributed by atoms with Gasteiger partial charge in [-0.2, -0.15) is 9.52 Å². The fourth-order valence-corrected chi connectivity index (χ4v) is 4.65. The van der Waals surface area contributed by atoms with Gasteiger partial charge >= 0.3 is 0 Å². The zero-order valence-electron chi connectivity index (χ0n) is 15.2. The summed E-state index contributed by atoms with van der Waals surface area (Å²) >= 11 is 0. The predicted octanol–water partition coefficient (Wildman–Crippen LogP) is -0.548. The van der Waals surface area contributed by atoms with Gasteiger partial charge in [-0.3, -0.25) is 10.0 Å². The first-order valence-corrected chi connectivity index (χ1v) is 9.74. The van der Waals surface area contributed by atoms with Crippen LogP contribution in [-0.4, -0.2) is 69.3 Å². The molecule has 3 rings (SSSR count). The lowest BCUT2D eigenvalue weighted by Gasteiger charge is -2.43. The number of nitrogens with zero attached hydrogens (tertiary/aromatic N) is 4. The summed E-state index contributed by atoms with van der Waals surface area (Å²) in [5.74, 6) is -0.103. The van der Waals surface area contributed by atoms with E-state index in [-0.39, 0.29) is 24.7 Å². The molecule has 13 heteroatoms. The van der Waals surface area contributed by atoms with Crippen LogP contribution in [0.2, 0.25) is 0 Å². The molecule has 1 amide bonds. The molecule has 1 aliphatic rings. The van der Waals surface area contributed by atoms with Gasteiger partial charge in [-0.15, -0.1) is 10.2 Å². The van der Waals surface area contributed by atoms with Crippen LogP contribution in [0.3, 0.4) is 0 Å². The van der Waals surface area contributed by atoms with Crippen LogP contribution in [-0.2, 0) is 26.2 Å². The zero-order chi connectivity index (χ0) is 20.4. The summed E-state index contributed by atoms with van der Waals surface area (Å²) in [6.07, 6.45) is 0. The highest BCUT2D eigenvalue weighted by molar-refractivity contribution is 7.89. The van der Waals surface area contributed by atoms with Crippen molar-refractivity contribution in [2.45, 2.75) is 37.0 Å². The number of morpholine rings is 1. The summed E-state index contributed by atoms with van der Waals surface area (Å²) in [6.45, 7) is 3.33. The second kappa shape index (κ2) is 7.79. The van der Waals surface area contributed by atoms with E-state index < -0.39 is 27.6 Å². The molecule has 1 aromatic heterocycles. The Labute approximate surface area is 160 Å². The van der Waals surface area contributed by atoms with Crippen LogP contribution in [0.4, 0.5) is 0 Å². The maximum atomic E-state index is 13.1. The molecule has 28 heavy (non-hydrogen) atoms. The number of aromatic amines is 1. The summed E-state index contributed by atoms with van der Waals surface area (Å²) in [5.41, 5.74) is 0.399. The molecule has 0 radical (unpaired) electrons. The lowest BCUT2D eigenvalue weighted by atomic mass is 9.96. The van der Waals surface area contributed by atoms with E-state index in [4.69, 9.17) is 14.7 Å². The van der Waals surface area contributed by atoms with Crippen LogP contribution < -0.4 is 10.2 Å². The molecule has 1 saturated heterocycles. The van der Waals surface area contributed by atoms with Gasteiger partial charge in [0.1, 0.15) is 11.8 Å². The highest BCUT2D eigenvalue weighted by Crippen LogP contribution is 2.30. The number of rotatable bonds is 6. The van der Waals surface area contributed by atoms with Gasteiger partial charge in [-0.25, -0.2) is 13.9 Å². The molecule has 1 aromatic carbocycles. The van der Waals surface area contributed by atoms with Gasteiger partial charge < -0.3 is 9.47 Å². The van der Waals surface area contributed by atoms with E-state index in [0.29, 0.717) is 11.6 Å². The number of amides is 1. The number of sulfonamides is 1. The first-order valence-electron chi connectivity index (χ1n) is 8.30. The monoisotopic (exact) mass is 412 g/mol. The molecule has 0 saturated carbocycles. The average Bonchev–Trinajstić information content (AvgIpc) is 3.19. The van der Waals surface area contributed by atoms with E-state index in [0.717, 1.165) is 4.31 Å². The topological polar surface area (TPSA) is 160 Å². The first-order chi connectivity index (χ1) is 13.3. The number of carbonyl (C=O) groups excluding carboxylic acids is 1. The third-order valence-electron chi connectivity index (χ3n) is 4.28. The van der Waals surface area contributed by atoms with Crippen molar-refractivity contribution < 1.29 is 27.9 Å². The molecule has 2 heterocycles. The van der Waals surface area contributed by atoms with Crippen LogP contribution >= 0.6 is 0 Å². The fraction of sp³-hybridized carbons (Fsp3) is 0.467. The van der Waals surface area contributed by atoms with E-state index in [2.05, 4.69) is 20.6 Å². The number of hydroxylamine groups is 1. The van der Waals surface area contributed by atoms with Crippen molar-refractivity contribution in [3.8, 4) is 5.75 Å². The predicted molar refractivity (Wildman–Crippen MR) is 92.6 cm³/mol. The van der Waals surface area contributed by atoms with Crippen LogP contribution in [0.15, 0.2) is 29.2 Å². The second-order valence-corrected chi connectivity index (χ2v) is 8.42. The molecule has 0 unspecified atom stereocenters. The van der Waals surface area contributed by atoms with Gasteiger partial charge in [-0.1, -0.05) is 5.21 Å². The highest BCUT2D eigenvalue weighted by Gasteiger charge is 2.48. The molecule has 1 atom stereocenters. The molecule has 0 bridgehead atoms. The van der Waals surface area contributed by atoms with Crippen molar-refractivity contribution in [1.29, 1.82) is 0 Å². The number of benzene rings is 1. The standard InChI is InChI=1S/C15H20N6O6S/c1-15(2)13(14(22)18-23)21(7-8-27-15)28(24,25)11-5-3-10(4-6-11)26-9-12-16-19-20-17-12/h3-6,13,23H,7-9H2,1-2H3,(H,18,22)(H,16,17,19,20)/t13-/m0/s1. The van der Waals surface area contributed by atoms with Crippen molar-refractivity contribution in [2.75, 3.05) is 13.2 Å². The lowest BCUT2D eigenvalue weighted by Crippen LogP contribution is -2.64. The number of hydrogen-bond donors (Lipinski definition) is 3. The van der Waals surface area contributed by atoms with Crippen molar-refractivity contribution in [3.05, 3.63) is 30.1 Å². The van der Waals surface area contributed by atoms with E-state index in [1.54, 1.807) is 13.8 Å². The Balaban J connectivity index is 1.81. The molecule has 152 valence electrons. The maximum Gasteiger partial charge on any atom is 0.264 e. The summed E-state index contributed by atoms with van der Waals surface area (Å²) in [7, 11) is -4.03. The van der Waals surface area contributed by atoms with E-state index in [9.17, 15) is 13.2 Å². The molecular weight excluding hydrogens is 392 g/mol. The smallest absolute Gasteiger partial charge is 0.264 e. The van der Waals surface area contributed by atoms with Crippen LogP contribution in [0, 0.1) is 0 Å². The van der Waals surface area contributed by atoms with Crippen LogP contribution in [0.25, 0.3) is 0 Å². The Bertz CT molecular complexity index is 915. The average molecular weight is 412 g/mol. The molecule has 3 N–H and O–H groups in total. The minimum Gasteiger partial charge on any atom is -0.485 e. The van der Waals surface area contributed by atoms with Gasteiger partial charge in [0, 0.05) is 6.54 Å². The lowest BCUT2D eigenvalue weighted by molar-refractivity contribution is -0.154. The fourth-order valence-electron chi connectivity index (χ4n) is 2.95. The number of hydrogen-bond acceptors (Lipinski definition) is 9. The van der Waals surface area contributed by atoms with Gasteiger partial charge in [-0.05, 0) is 38.1 Å². The molecule has 12 nitrogen and oxygen atoms in total. The van der Waals surface area contributed by atoms with E-state index >= 15 is 0 Å². The van der Waals surface area contributed by atoms with Crippen molar-refractivity contribution >= 4 is 15.9 Å². The van der Waals surface area contributed by atoms with Crippen molar-refractivity contribution in [1.82, 2.24) is 30.4 Å². The summed E-state index contributed by atoms with van der Waals surface area (Å²) in [4.78, 5) is 12.1. The van der Waals surface area contributed by atoms with Gasteiger partial charge in [0.2, 0.25) is 15.8 Å². The summed E-state index contributed by atoms with van der Waals surface area (Å²) in [6, 6.07) is 4.49. The normalized spacial score (nSPS) is 19.9. The number of aromatic nitrogens is 4. The Morgan fingerprint density at radius 3 is 2.75 bits per heavy atom. The number of H-pyrrole nitrogens is 1. The molecule has 0 aliphatic carbocycles. The molecular formula is C15H20N6O6S.